The van der Waals surface area contributed by atoms with Gasteiger partial charge in [-0.05, 0) is 112 Å². The van der Waals surface area contributed by atoms with E-state index in [9.17, 15) is 9.90 Å². The number of carbonyl (C=O) groups is 1. The van der Waals surface area contributed by atoms with Crippen LogP contribution in [-0.4, -0.2) is 16.5 Å². The molecule has 0 saturated heterocycles. The summed E-state index contributed by atoms with van der Waals surface area (Å²) in [6, 6.07) is 0. The Morgan fingerprint density at radius 1 is 0.917 bits per heavy atom. The van der Waals surface area contributed by atoms with Gasteiger partial charge < -0.3 is 5.11 Å². The lowest BCUT2D eigenvalue weighted by atomic mass is 9.46. The van der Waals surface area contributed by atoms with Gasteiger partial charge in [0.2, 0.25) is 0 Å². The van der Waals surface area contributed by atoms with Gasteiger partial charge in [-0.25, -0.2) is 0 Å². The summed E-state index contributed by atoms with van der Waals surface area (Å²) in [5.74, 6) is 3.31. The van der Waals surface area contributed by atoms with Crippen molar-refractivity contribution in [1.82, 2.24) is 0 Å². The molecule has 0 spiro atoms. The number of carbonyl (C=O) groups excluding carboxylic acids is 1. The van der Waals surface area contributed by atoms with Crippen LogP contribution in [0.1, 0.15) is 85.0 Å². The predicted octanol–water partition coefficient (Wildman–Crippen LogP) is 4.74. The van der Waals surface area contributed by atoms with Crippen LogP contribution in [0, 0.1) is 39.9 Å². The highest BCUT2D eigenvalue weighted by Crippen LogP contribution is 2.86. The van der Waals surface area contributed by atoms with Gasteiger partial charge >= 0.3 is 0 Å². The van der Waals surface area contributed by atoms with E-state index in [1.165, 1.54) is 51.4 Å². The van der Waals surface area contributed by atoms with Crippen molar-refractivity contribution in [1.29, 1.82) is 0 Å². The fourth-order valence-corrected chi connectivity index (χ4v) is 8.97. The molecule has 5 saturated carbocycles. The first-order valence-electron chi connectivity index (χ1n) is 10.5. The van der Waals surface area contributed by atoms with Crippen LogP contribution in [0.25, 0.3) is 0 Å². The van der Waals surface area contributed by atoms with Crippen molar-refractivity contribution in [2.45, 2.75) is 90.6 Å². The van der Waals surface area contributed by atoms with Crippen LogP contribution in [0.4, 0.5) is 0 Å². The lowest BCUT2D eigenvalue weighted by Crippen LogP contribution is -2.54. The Labute approximate surface area is 146 Å². The van der Waals surface area contributed by atoms with Crippen LogP contribution in [-0.2, 0) is 4.79 Å². The highest BCUT2D eigenvalue weighted by atomic mass is 16.3. The highest BCUT2D eigenvalue weighted by Gasteiger charge is 2.79. The van der Waals surface area contributed by atoms with Gasteiger partial charge in [-0.3, -0.25) is 4.79 Å². The van der Waals surface area contributed by atoms with E-state index in [-0.39, 0.29) is 0 Å². The van der Waals surface area contributed by atoms with Crippen LogP contribution in [0.3, 0.4) is 0 Å². The molecule has 0 heterocycles. The SMILES string of the molecule is CC(=O)[C@H]1CC[C@@]23C[C@@]12CC[C@H]1[C@H]3CC[C@H]2C[C@](C)(O)CC[C@@]21C. The third-order valence-electron chi connectivity index (χ3n) is 10.1. The molecule has 2 nitrogen and oxygen atoms in total. The summed E-state index contributed by atoms with van der Waals surface area (Å²) in [7, 11) is 0. The summed E-state index contributed by atoms with van der Waals surface area (Å²) in [6.45, 7) is 6.47. The van der Waals surface area contributed by atoms with Crippen molar-refractivity contribution in [3.05, 3.63) is 0 Å². The third kappa shape index (κ3) is 1.70. The molecule has 0 radical (unpaired) electrons. The van der Waals surface area contributed by atoms with Crippen LogP contribution in [0.5, 0.6) is 0 Å². The van der Waals surface area contributed by atoms with Crippen molar-refractivity contribution in [2.75, 3.05) is 0 Å². The molecular weight excluding hydrogens is 296 g/mol. The first-order valence-corrected chi connectivity index (χ1v) is 10.5. The van der Waals surface area contributed by atoms with Crippen molar-refractivity contribution in [3.8, 4) is 0 Å². The molecule has 8 atom stereocenters. The number of aliphatic hydroxyl groups is 1. The molecule has 0 aromatic heterocycles. The van der Waals surface area contributed by atoms with Gasteiger partial charge in [-0.15, -0.1) is 0 Å². The van der Waals surface area contributed by atoms with E-state index in [0.29, 0.717) is 27.9 Å². The van der Waals surface area contributed by atoms with Crippen LogP contribution in [0.2, 0.25) is 0 Å². The summed E-state index contributed by atoms with van der Waals surface area (Å²) >= 11 is 0. The second-order valence-electron chi connectivity index (χ2n) is 10.9. The topological polar surface area (TPSA) is 37.3 Å². The predicted molar refractivity (Wildman–Crippen MR) is 94.4 cm³/mol. The fraction of sp³-hybridized carbons (Fsp3) is 0.955. The van der Waals surface area contributed by atoms with Gasteiger partial charge in [0.15, 0.2) is 0 Å². The first-order chi connectivity index (χ1) is 11.2. The number of ketones is 1. The molecule has 1 N–H and O–H groups in total. The van der Waals surface area contributed by atoms with Crippen LogP contribution >= 0.6 is 0 Å². The molecule has 24 heavy (non-hydrogen) atoms. The van der Waals surface area contributed by atoms with E-state index >= 15 is 0 Å². The molecule has 0 amide bonds. The van der Waals surface area contributed by atoms with Crippen LogP contribution in [0.15, 0.2) is 0 Å². The largest absolute Gasteiger partial charge is 0.390 e. The van der Waals surface area contributed by atoms with Gasteiger partial charge in [0.25, 0.3) is 0 Å². The second-order valence-corrected chi connectivity index (χ2v) is 10.9. The number of hydrogen-bond donors (Lipinski definition) is 1. The van der Waals surface area contributed by atoms with E-state index in [4.69, 9.17) is 0 Å². The maximum absolute atomic E-state index is 12.2. The minimum absolute atomic E-state index is 0.385. The van der Waals surface area contributed by atoms with E-state index < -0.39 is 5.60 Å². The number of Topliss-reactive ketones (excluding diaryl/α,β-unsaturated/α-hetero) is 1. The maximum atomic E-state index is 12.2. The zero-order valence-corrected chi connectivity index (χ0v) is 15.7. The molecule has 0 aromatic carbocycles. The second kappa shape index (κ2) is 4.48. The summed E-state index contributed by atoms with van der Waals surface area (Å²) < 4.78 is 0. The van der Waals surface area contributed by atoms with Gasteiger partial charge in [0.1, 0.15) is 5.78 Å². The Bertz CT molecular complexity index is 595. The third-order valence-corrected chi connectivity index (χ3v) is 10.1. The minimum Gasteiger partial charge on any atom is -0.390 e. The smallest absolute Gasteiger partial charge is 0.133 e. The monoisotopic (exact) mass is 330 g/mol. The van der Waals surface area contributed by atoms with Crippen molar-refractivity contribution < 1.29 is 9.90 Å². The summed E-state index contributed by atoms with van der Waals surface area (Å²) in [5, 5.41) is 10.6. The molecule has 0 unspecified atom stereocenters. The standard InChI is InChI=1S/C22H34O2/c1-14(23)16-6-8-22-13-21(16,22)9-7-17-18(22)5-4-15-12-19(2,24)10-11-20(15,17)3/h15-18,24H,4-13H2,1-3H3/t15-,16+,17-,18+,19+,20-,21-,22-/m0/s1. The zero-order valence-electron chi connectivity index (χ0n) is 15.7. The molecule has 0 aliphatic heterocycles. The van der Waals surface area contributed by atoms with Gasteiger partial charge in [0, 0.05) is 5.92 Å². The highest BCUT2D eigenvalue weighted by molar-refractivity contribution is 5.80. The zero-order chi connectivity index (χ0) is 17.0. The molecule has 5 fully saturated rings. The Morgan fingerprint density at radius 2 is 1.67 bits per heavy atom. The Morgan fingerprint density at radius 3 is 2.42 bits per heavy atom. The normalized spacial score (nSPS) is 61.3. The quantitative estimate of drug-likeness (QED) is 0.754. The molecule has 5 aliphatic carbocycles. The Balaban J connectivity index is 1.46. The van der Waals surface area contributed by atoms with Crippen molar-refractivity contribution in [3.63, 3.8) is 0 Å². The first kappa shape index (κ1) is 15.9. The summed E-state index contributed by atoms with van der Waals surface area (Å²) in [4.78, 5) is 12.2. The number of rotatable bonds is 1. The maximum Gasteiger partial charge on any atom is 0.133 e. The van der Waals surface area contributed by atoms with E-state index in [0.717, 1.165) is 30.6 Å². The minimum atomic E-state index is -0.430. The Hall–Kier alpha value is -0.370. The lowest BCUT2D eigenvalue weighted by molar-refractivity contribution is -0.137. The molecule has 134 valence electrons. The average molecular weight is 331 g/mol. The molecule has 2 heteroatoms. The van der Waals surface area contributed by atoms with E-state index in [2.05, 4.69) is 13.8 Å². The van der Waals surface area contributed by atoms with E-state index in [1.54, 1.807) is 0 Å². The van der Waals surface area contributed by atoms with E-state index in [1.807, 2.05) is 6.92 Å². The number of hydrogen-bond acceptors (Lipinski definition) is 2. The average Bonchev–Trinajstić information content (AvgIpc) is 3.07. The van der Waals surface area contributed by atoms with Crippen LogP contribution < -0.4 is 0 Å². The summed E-state index contributed by atoms with van der Waals surface area (Å²) in [6.07, 6.45) is 12.4. The van der Waals surface area contributed by atoms with Gasteiger partial charge in [0.05, 0.1) is 5.60 Å². The van der Waals surface area contributed by atoms with Crippen molar-refractivity contribution in [2.24, 2.45) is 39.9 Å². The molecule has 5 aliphatic rings. The van der Waals surface area contributed by atoms with Crippen molar-refractivity contribution >= 4 is 5.78 Å². The molecule has 0 bridgehead atoms. The molecule has 0 aromatic rings. The fourth-order valence-electron chi connectivity index (χ4n) is 8.97. The molecule has 5 rings (SSSR count). The number of fused-ring (bicyclic) bond motifs is 3. The lowest BCUT2D eigenvalue weighted by Gasteiger charge is -2.60. The Kier molecular flexibility index (Phi) is 2.96. The molecular formula is C22H34O2. The summed E-state index contributed by atoms with van der Waals surface area (Å²) in [5.41, 5.74) is 0.979. The van der Waals surface area contributed by atoms with Gasteiger partial charge in [-0.2, -0.15) is 0 Å². The van der Waals surface area contributed by atoms with Gasteiger partial charge in [-0.1, -0.05) is 6.92 Å².